The van der Waals surface area contributed by atoms with Gasteiger partial charge in [0.15, 0.2) is 0 Å². The largest absolute Gasteiger partial charge is 0.399 e. The van der Waals surface area contributed by atoms with E-state index in [9.17, 15) is 8.42 Å². The van der Waals surface area contributed by atoms with E-state index in [0.29, 0.717) is 11.4 Å². The van der Waals surface area contributed by atoms with E-state index in [1.54, 1.807) is 24.3 Å². The van der Waals surface area contributed by atoms with Crippen molar-refractivity contribution in [2.24, 2.45) is 5.73 Å². The zero-order chi connectivity index (χ0) is 14.5. The lowest BCUT2D eigenvalue weighted by atomic mass is 10.3. The highest BCUT2D eigenvalue weighted by molar-refractivity contribution is 7.91. The van der Waals surface area contributed by atoms with E-state index in [1.807, 2.05) is 0 Å². The van der Waals surface area contributed by atoms with Crippen molar-refractivity contribution < 1.29 is 8.42 Å². The summed E-state index contributed by atoms with van der Waals surface area (Å²) < 4.78 is 24.3. The first kappa shape index (κ1) is 15.0. The average Bonchev–Trinajstić information content (AvgIpc) is 2.42. The van der Waals surface area contributed by atoms with Gasteiger partial charge in [-0.3, -0.25) is 0 Å². The van der Waals surface area contributed by atoms with Crippen LogP contribution >= 0.6 is 0 Å². The van der Waals surface area contributed by atoms with Gasteiger partial charge in [-0.15, -0.1) is 0 Å². The standard InChI is InChI=1S/C12H12N2O2S.CH5N/c13-9-1-5-11(6-2-9)17(15,16)12-7-3-10(14)4-8-12;1-2/h1-8H,13-14H2;2H2,1H3. The molecule has 6 N–H and O–H groups in total. The van der Waals surface area contributed by atoms with Gasteiger partial charge in [-0.25, -0.2) is 8.42 Å². The topological polar surface area (TPSA) is 112 Å². The van der Waals surface area contributed by atoms with Crippen LogP contribution in [0.4, 0.5) is 11.4 Å². The highest BCUT2D eigenvalue weighted by atomic mass is 32.2. The van der Waals surface area contributed by atoms with Crippen molar-refractivity contribution in [1.29, 1.82) is 0 Å². The zero-order valence-corrected chi connectivity index (χ0v) is 11.4. The van der Waals surface area contributed by atoms with Crippen LogP contribution in [0.5, 0.6) is 0 Å². The Morgan fingerprint density at radius 1 is 0.684 bits per heavy atom. The smallest absolute Gasteiger partial charge is 0.206 e. The van der Waals surface area contributed by atoms with Gasteiger partial charge in [-0.2, -0.15) is 0 Å². The van der Waals surface area contributed by atoms with Crippen LogP contribution in [-0.4, -0.2) is 15.5 Å². The highest BCUT2D eigenvalue weighted by Gasteiger charge is 2.16. The normalized spacial score (nSPS) is 10.4. The van der Waals surface area contributed by atoms with Crippen molar-refractivity contribution in [3.05, 3.63) is 48.5 Å². The third-order valence-corrected chi connectivity index (χ3v) is 4.17. The Balaban J connectivity index is 0.000000861. The lowest BCUT2D eigenvalue weighted by Crippen LogP contribution is -2.02. The molecule has 2 rings (SSSR count). The molecule has 0 aliphatic heterocycles. The van der Waals surface area contributed by atoms with Gasteiger partial charge < -0.3 is 17.2 Å². The molecule has 2 aromatic rings. The minimum atomic E-state index is -3.48. The van der Waals surface area contributed by atoms with Gasteiger partial charge in [0.2, 0.25) is 9.84 Å². The number of nitrogens with two attached hydrogens (primary N) is 3. The van der Waals surface area contributed by atoms with Crippen LogP contribution in [0.3, 0.4) is 0 Å². The van der Waals surface area contributed by atoms with Crippen molar-refractivity contribution in [3.63, 3.8) is 0 Å². The molecule has 6 heteroatoms. The molecule has 0 radical (unpaired) electrons. The minimum Gasteiger partial charge on any atom is -0.399 e. The summed E-state index contributed by atoms with van der Waals surface area (Å²) >= 11 is 0. The fourth-order valence-electron chi connectivity index (χ4n) is 1.43. The van der Waals surface area contributed by atoms with Crippen molar-refractivity contribution in [1.82, 2.24) is 0 Å². The Hall–Kier alpha value is -2.05. The van der Waals surface area contributed by atoms with Gasteiger partial charge in [-0.1, -0.05) is 0 Å². The Labute approximate surface area is 113 Å². The first-order valence-electron chi connectivity index (χ1n) is 5.54. The second-order valence-electron chi connectivity index (χ2n) is 3.64. The van der Waals surface area contributed by atoms with Gasteiger partial charge in [0.05, 0.1) is 9.79 Å². The Kier molecular flexibility index (Phi) is 4.91. The average molecular weight is 279 g/mol. The SMILES string of the molecule is CN.Nc1ccc(S(=O)(=O)c2ccc(N)cc2)cc1. The molecule has 0 aromatic heterocycles. The van der Waals surface area contributed by atoms with E-state index in [1.165, 1.54) is 31.3 Å². The van der Waals surface area contributed by atoms with Gasteiger partial charge in [0, 0.05) is 11.4 Å². The van der Waals surface area contributed by atoms with E-state index in [4.69, 9.17) is 11.5 Å². The number of nitrogen functional groups attached to an aromatic ring is 2. The highest BCUT2D eigenvalue weighted by Crippen LogP contribution is 2.22. The van der Waals surface area contributed by atoms with Crippen LogP contribution in [-0.2, 0) is 9.84 Å². The fourth-order valence-corrected chi connectivity index (χ4v) is 2.69. The maximum Gasteiger partial charge on any atom is 0.206 e. The van der Waals surface area contributed by atoms with E-state index < -0.39 is 9.84 Å². The molecule has 0 aliphatic rings. The molecule has 0 fully saturated rings. The second-order valence-corrected chi connectivity index (χ2v) is 5.59. The van der Waals surface area contributed by atoms with E-state index in [-0.39, 0.29) is 9.79 Å². The van der Waals surface area contributed by atoms with Crippen molar-refractivity contribution in [2.45, 2.75) is 9.79 Å². The number of anilines is 2. The fraction of sp³-hybridized carbons (Fsp3) is 0.0769. The van der Waals surface area contributed by atoms with E-state index >= 15 is 0 Å². The van der Waals surface area contributed by atoms with Crippen molar-refractivity contribution in [3.8, 4) is 0 Å². The van der Waals surface area contributed by atoms with Crippen LogP contribution in [0.25, 0.3) is 0 Å². The number of rotatable bonds is 2. The summed E-state index contributed by atoms with van der Waals surface area (Å²) in [5.41, 5.74) is 16.6. The molecule has 0 heterocycles. The first-order chi connectivity index (χ1) is 9.00. The third kappa shape index (κ3) is 3.46. The molecule has 0 unspecified atom stereocenters. The number of hydrogen-bond donors (Lipinski definition) is 3. The molecule has 102 valence electrons. The van der Waals surface area contributed by atoms with Crippen molar-refractivity contribution in [2.75, 3.05) is 18.5 Å². The van der Waals surface area contributed by atoms with Crippen LogP contribution in [0.2, 0.25) is 0 Å². The summed E-state index contributed by atoms with van der Waals surface area (Å²) in [6.45, 7) is 0. The Morgan fingerprint density at radius 2 is 0.947 bits per heavy atom. The van der Waals surface area contributed by atoms with Gasteiger partial charge >= 0.3 is 0 Å². The lowest BCUT2D eigenvalue weighted by Gasteiger charge is -2.05. The second kappa shape index (κ2) is 6.21. The lowest BCUT2D eigenvalue weighted by molar-refractivity contribution is 0.596. The number of hydrogen-bond acceptors (Lipinski definition) is 5. The Morgan fingerprint density at radius 3 is 1.21 bits per heavy atom. The summed E-state index contributed by atoms with van der Waals surface area (Å²) in [7, 11) is -1.98. The van der Waals surface area contributed by atoms with E-state index in [0.717, 1.165) is 0 Å². The maximum atomic E-state index is 12.2. The summed E-state index contributed by atoms with van der Waals surface area (Å²) in [5.74, 6) is 0. The molecule has 0 atom stereocenters. The molecule has 19 heavy (non-hydrogen) atoms. The van der Waals surface area contributed by atoms with Gasteiger partial charge in [0.25, 0.3) is 0 Å². The maximum absolute atomic E-state index is 12.2. The van der Waals surface area contributed by atoms with Gasteiger partial charge in [0.1, 0.15) is 0 Å². The molecule has 5 nitrogen and oxygen atoms in total. The molecular formula is C13H17N3O2S. The molecule has 0 spiro atoms. The minimum absolute atomic E-state index is 0.219. The first-order valence-corrected chi connectivity index (χ1v) is 7.02. The summed E-state index contributed by atoms with van der Waals surface area (Å²) in [5, 5.41) is 0. The summed E-state index contributed by atoms with van der Waals surface area (Å²) in [6.07, 6.45) is 0. The summed E-state index contributed by atoms with van der Waals surface area (Å²) in [4.78, 5) is 0.438. The van der Waals surface area contributed by atoms with Crippen LogP contribution < -0.4 is 17.2 Å². The summed E-state index contributed by atoms with van der Waals surface area (Å²) in [6, 6.07) is 12.2. The number of benzene rings is 2. The predicted octanol–water partition coefficient (Wildman–Crippen LogP) is 1.26. The van der Waals surface area contributed by atoms with Crippen LogP contribution in [0.1, 0.15) is 0 Å². The molecule has 0 bridgehead atoms. The number of sulfone groups is 1. The molecule has 0 aliphatic carbocycles. The Bertz CT molecular complexity index is 568. The quantitative estimate of drug-likeness (QED) is 0.716. The van der Waals surface area contributed by atoms with Crippen LogP contribution in [0, 0.1) is 0 Å². The van der Waals surface area contributed by atoms with Gasteiger partial charge in [-0.05, 0) is 55.6 Å². The molecule has 0 amide bonds. The van der Waals surface area contributed by atoms with Crippen LogP contribution in [0.15, 0.2) is 58.3 Å². The monoisotopic (exact) mass is 279 g/mol. The van der Waals surface area contributed by atoms with E-state index in [2.05, 4.69) is 5.73 Å². The molecule has 2 aromatic carbocycles. The predicted molar refractivity (Wildman–Crippen MR) is 77.3 cm³/mol. The molecular weight excluding hydrogens is 262 g/mol. The zero-order valence-electron chi connectivity index (χ0n) is 10.6. The molecule has 0 saturated heterocycles. The molecule has 0 saturated carbocycles. The third-order valence-electron chi connectivity index (χ3n) is 2.38. The van der Waals surface area contributed by atoms with Crippen molar-refractivity contribution >= 4 is 21.2 Å².